The van der Waals surface area contributed by atoms with Crippen molar-refractivity contribution >= 4 is 11.9 Å². The number of amides is 1. The normalized spacial score (nSPS) is 11.6. The summed E-state index contributed by atoms with van der Waals surface area (Å²) < 4.78 is 1.79. The predicted molar refractivity (Wildman–Crippen MR) is 86.5 cm³/mol. The second kappa shape index (κ2) is 9.75. The van der Waals surface area contributed by atoms with E-state index in [-0.39, 0.29) is 12.5 Å². The van der Waals surface area contributed by atoms with Gasteiger partial charge in [-0.2, -0.15) is 0 Å². The molecule has 8 heteroatoms. The van der Waals surface area contributed by atoms with Crippen molar-refractivity contribution in [2.45, 2.75) is 26.8 Å². The van der Waals surface area contributed by atoms with E-state index in [1.807, 2.05) is 6.20 Å². The van der Waals surface area contributed by atoms with E-state index in [0.29, 0.717) is 11.9 Å². The highest BCUT2D eigenvalue weighted by Gasteiger charge is 2.05. The third-order valence-electron chi connectivity index (χ3n) is 2.88. The number of hydrogen-bond donors (Lipinski definition) is 2. The average molecular weight is 309 g/mol. The molecule has 2 N–H and O–H groups in total. The van der Waals surface area contributed by atoms with Gasteiger partial charge in [-0.25, -0.2) is 4.99 Å². The Bertz CT molecular complexity index is 454. The molecule has 8 nitrogen and oxygen atoms in total. The van der Waals surface area contributed by atoms with Gasteiger partial charge in [-0.15, -0.1) is 5.10 Å². The highest BCUT2D eigenvalue weighted by atomic mass is 16.2. The van der Waals surface area contributed by atoms with Gasteiger partial charge in [-0.3, -0.25) is 9.48 Å². The van der Waals surface area contributed by atoms with E-state index in [4.69, 9.17) is 0 Å². The predicted octanol–water partition coefficient (Wildman–Crippen LogP) is -0.0524. The fourth-order valence-electron chi connectivity index (χ4n) is 1.56. The van der Waals surface area contributed by atoms with E-state index in [1.54, 1.807) is 25.0 Å². The zero-order valence-corrected chi connectivity index (χ0v) is 13.9. The van der Waals surface area contributed by atoms with E-state index < -0.39 is 0 Å². The zero-order chi connectivity index (χ0) is 16.4. The first-order valence-corrected chi connectivity index (χ1v) is 7.55. The van der Waals surface area contributed by atoms with Crippen molar-refractivity contribution in [1.82, 2.24) is 30.5 Å². The Morgan fingerprint density at radius 2 is 2.14 bits per heavy atom. The standard InChI is InChI=1S/C14H27N7O/c1-12(2)10-16-14(17-11-13(22)20(3)4)15-6-5-8-21-9-7-18-19-21/h7,9,12H,5-6,8,10-11H2,1-4H3,(H2,15,16,17). The van der Waals surface area contributed by atoms with Gasteiger partial charge >= 0.3 is 0 Å². The van der Waals surface area contributed by atoms with E-state index in [0.717, 1.165) is 26.1 Å². The number of nitrogens with one attached hydrogen (secondary N) is 2. The molecular weight excluding hydrogens is 282 g/mol. The van der Waals surface area contributed by atoms with Crippen LogP contribution in [0.1, 0.15) is 20.3 Å². The van der Waals surface area contributed by atoms with Crippen LogP contribution >= 0.6 is 0 Å². The Hall–Kier alpha value is -2.12. The van der Waals surface area contributed by atoms with Gasteiger partial charge in [0.05, 0.1) is 6.20 Å². The molecular formula is C14H27N7O. The summed E-state index contributed by atoms with van der Waals surface area (Å²) in [7, 11) is 3.45. The minimum absolute atomic E-state index is 0.0201. The van der Waals surface area contributed by atoms with Crippen LogP contribution in [0.4, 0.5) is 0 Å². The third-order valence-corrected chi connectivity index (χ3v) is 2.88. The Morgan fingerprint density at radius 1 is 1.36 bits per heavy atom. The molecule has 22 heavy (non-hydrogen) atoms. The van der Waals surface area contributed by atoms with Crippen molar-refractivity contribution in [3.63, 3.8) is 0 Å². The third kappa shape index (κ3) is 7.61. The maximum Gasteiger partial charge on any atom is 0.243 e. The molecule has 0 aromatic carbocycles. The fourth-order valence-corrected chi connectivity index (χ4v) is 1.56. The Balaban J connectivity index is 2.39. The van der Waals surface area contributed by atoms with Crippen LogP contribution in [0.5, 0.6) is 0 Å². The summed E-state index contributed by atoms with van der Waals surface area (Å²) in [5, 5.41) is 14.2. The van der Waals surface area contributed by atoms with Crippen molar-refractivity contribution < 1.29 is 4.79 Å². The van der Waals surface area contributed by atoms with Gasteiger partial charge < -0.3 is 15.5 Å². The molecule has 0 aliphatic carbocycles. The molecule has 0 radical (unpaired) electrons. The first kappa shape index (κ1) is 17.9. The second-order valence-electron chi connectivity index (χ2n) is 5.67. The number of guanidine groups is 1. The molecule has 0 saturated heterocycles. The molecule has 0 unspecified atom stereocenters. The van der Waals surface area contributed by atoms with Gasteiger partial charge in [-0.05, 0) is 12.3 Å². The molecule has 1 heterocycles. The first-order chi connectivity index (χ1) is 10.5. The number of nitrogens with zero attached hydrogens (tertiary/aromatic N) is 5. The van der Waals surface area contributed by atoms with Gasteiger partial charge in [0.25, 0.3) is 0 Å². The largest absolute Gasteiger partial charge is 0.356 e. The number of aliphatic imine (C=N–C) groups is 1. The summed E-state index contributed by atoms with van der Waals surface area (Å²) >= 11 is 0. The van der Waals surface area contributed by atoms with Gasteiger partial charge in [0.1, 0.15) is 6.54 Å². The van der Waals surface area contributed by atoms with Crippen LogP contribution in [-0.2, 0) is 11.3 Å². The van der Waals surface area contributed by atoms with Crippen molar-refractivity contribution in [2.24, 2.45) is 10.9 Å². The monoisotopic (exact) mass is 309 g/mol. The fraction of sp³-hybridized carbons (Fsp3) is 0.714. The molecule has 1 rings (SSSR count). The van der Waals surface area contributed by atoms with Gasteiger partial charge in [0.2, 0.25) is 5.91 Å². The summed E-state index contributed by atoms with van der Waals surface area (Å²) in [6.45, 7) is 6.75. The Morgan fingerprint density at radius 3 is 2.73 bits per heavy atom. The smallest absolute Gasteiger partial charge is 0.243 e. The minimum atomic E-state index is -0.0201. The molecule has 0 spiro atoms. The quantitative estimate of drug-likeness (QED) is 0.399. The lowest BCUT2D eigenvalue weighted by molar-refractivity contribution is -0.127. The number of rotatable bonds is 8. The molecule has 0 aliphatic heterocycles. The SMILES string of the molecule is CC(C)CNC(=NCC(=O)N(C)C)NCCCn1ccnn1. The van der Waals surface area contributed by atoms with Gasteiger partial charge in [-0.1, -0.05) is 19.1 Å². The van der Waals surface area contributed by atoms with Crippen LogP contribution in [-0.4, -0.2) is 65.5 Å². The summed E-state index contributed by atoms with van der Waals surface area (Å²) in [6.07, 6.45) is 4.40. The van der Waals surface area contributed by atoms with Crippen LogP contribution in [0, 0.1) is 5.92 Å². The summed E-state index contributed by atoms with van der Waals surface area (Å²) in [6, 6.07) is 0. The van der Waals surface area contributed by atoms with Crippen LogP contribution < -0.4 is 10.6 Å². The van der Waals surface area contributed by atoms with E-state index >= 15 is 0 Å². The molecule has 0 bridgehead atoms. The van der Waals surface area contributed by atoms with Crippen molar-refractivity contribution in [1.29, 1.82) is 0 Å². The van der Waals surface area contributed by atoms with E-state index in [1.165, 1.54) is 4.90 Å². The summed E-state index contributed by atoms with van der Waals surface area (Å²) in [5.41, 5.74) is 0. The lowest BCUT2D eigenvalue weighted by atomic mass is 10.2. The number of aryl methyl sites for hydroxylation is 1. The topological polar surface area (TPSA) is 87.4 Å². The lowest BCUT2D eigenvalue weighted by Crippen LogP contribution is -2.40. The molecule has 1 aromatic rings. The second-order valence-corrected chi connectivity index (χ2v) is 5.67. The molecule has 0 atom stereocenters. The maximum atomic E-state index is 11.6. The highest BCUT2D eigenvalue weighted by molar-refractivity contribution is 5.84. The van der Waals surface area contributed by atoms with E-state index in [2.05, 4.69) is 39.8 Å². The lowest BCUT2D eigenvalue weighted by Gasteiger charge is -2.15. The summed E-state index contributed by atoms with van der Waals surface area (Å²) in [5.74, 6) is 1.16. The Kier molecular flexibility index (Phi) is 7.95. The number of aromatic nitrogens is 3. The number of carbonyl (C=O) groups excluding carboxylic acids is 1. The van der Waals surface area contributed by atoms with Crippen LogP contribution in [0.15, 0.2) is 17.4 Å². The zero-order valence-electron chi connectivity index (χ0n) is 13.9. The maximum absolute atomic E-state index is 11.6. The molecule has 1 aromatic heterocycles. The van der Waals surface area contributed by atoms with Crippen molar-refractivity contribution in [3.8, 4) is 0 Å². The molecule has 1 amide bonds. The number of likely N-dealkylation sites (N-methyl/N-ethyl adjacent to an activating group) is 1. The highest BCUT2D eigenvalue weighted by Crippen LogP contribution is 1.89. The Labute approximate surface area is 132 Å². The number of hydrogen-bond acceptors (Lipinski definition) is 4. The number of carbonyl (C=O) groups is 1. The molecule has 0 fully saturated rings. The van der Waals surface area contributed by atoms with Crippen LogP contribution in [0.25, 0.3) is 0 Å². The minimum Gasteiger partial charge on any atom is -0.356 e. The van der Waals surface area contributed by atoms with Crippen molar-refractivity contribution in [3.05, 3.63) is 12.4 Å². The molecule has 0 aliphatic rings. The summed E-state index contributed by atoms with van der Waals surface area (Å²) in [4.78, 5) is 17.5. The average Bonchev–Trinajstić information content (AvgIpc) is 2.97. The van der Waals surface area contributed by atoms with E-state index in [9.17, 15) is 4.79 Å². The first-order valence-electron chi connectivity index (χ1n) is 7.55. The van der Waals surface area contributed by atoms with Crippen LogP contribution in [0.3, 0.4) is 0 Å². The molecule has 124 valence electrons. The van der Waals surface area contributed by atoms with Crippen LogP contribution in [0.2, 0.25) is 0 Å². The van der Waals surface area contributed by atoms with Gasteiger partial charge in [0.15, 0.2) is 5.96 Å². The molecule has 0 saturated carbocycles. The van der Waals surface area contributed by atoms with Crippen molar-refractivity contribution in [2.75, 3.05) is 33.7 Å². The van der Waals surface area contributed by atoms with Gasteiger partial charge in [0, 0.05) is 39.9 Å².